The highest BCUT2D eigenvalue weighted by Crippen LogP contribution is 2.25. The molecule has 1 atom stereocenters. The molecule has 0 aromatic carbocycles. The van der Waals surface area contributed by atoms with E-state index in [1.165, 1.54) is 0 Å². The molecule has 1 rings (SSSR count). The van der Waals surface area contributed by atoms with Gasteiger partial charge in [-0.1, -0.05) is 13.3 Å². The van der Waals surface area contributed by atoms with Crippen molar-refractivity contribution < 1.29 is 0 Å². The van der Waals surface area contributed by atoms with Gasteiger partial charge >= 0.3 is 0 Å². The van der Waals surface area contributed by atoms with Gasteiger partial charge in [-0.3, -0.25) is 0 Å². The number of aromatic nitrogens is 1. The summed E-state index contributed by atoms with van der Waals surface area (Å²) in [6.07, 6.45) is 3.72. The lowest BCUT2D eigenvalue weighted by Crippen LogP contribution is -2.11. The normalized spacial score (nSPS) is 12.8. The fourth-order valence-electron chi connectivity index (χ4n) is 1.22. The van der Waals surface area contributed by atoms with E-state index in [1.54, 1.807) is 6.20 Å². The first kappa shape index (κ1) is 10.5. The molecule has 3 nitrogen and oxygen atoms in total. The lowest BCUT2D eigenvalue weighted by molar-refractivity contribution is 0.635. The predicted octanol–water partition coefficient (Wildman–Crippen LogP) is 2.23. The minimum Gasteiger partial charge on any atom is -0.384 e. The Morgan fingerprint density at radius 1 is 1.62 bits per heavy atom. The van der Waals surface area contributed by atoms with Crippen molar-refractivity contribution in [3.63, 3.8) is 0 Å². The molecule has 1 unspecified atom stereocenters. The van der Waals surface area contributed by atoms with Crippen LogP contribution in [0, 0.1) is 0 Å². The number of nitrogens with zero attached hydrogens (tertiary/aromatic N) is 1. The summed E-state index contributed by atoms with van der Waals surface area (Å²) in [5.41, 5.74) is 12.6. The molecule has 0 bridgehead atoms. The van der Waals surface area contributed by atoms with Gasteiger partial charge in [0.1, 0.15) is 5.82 Å². The van der Waals surface area contributed by atoms with Gasteiger partial charge < -0.3 is 11.5 Å². The highest BCUT2D eigenvalue weighted by molar-refractivity contribution is 9.10. The van der Waals surface area contributed by atoms with Crippen molar-refractivity contribution in [2.24, 2.45) is 5.73 Å². The van der Waals surface area contributed by atoms with Crippen molar-refractivity contribution in [1.29, 1.82) is 0 Å². The molecular weight excluding hydrogens is 230 g/mol. The number of hydrogen-bond donors (Lipinski definition) is 2. The first-order chi connectivity index (χ1) is 6.15. The fraction of sp³-hybridized carbons (Fsp3) is 0.444. The molecule has 0 saturated carbocycles. The van der Waals surface area contributed by atoms with Gasteiger partial charge in [0.25, 0.3) is 0 Å². The molecule has 4 N–H and O–H groups in total. The average molecular weight is 244 g/mol. The van der Waals surface area contributed by atoms with Gasteiger partial charge in [0, 0.05) is 16.7 Å². The van der Waals surface area contributed by atoms with Crippen LogP contribution in [0.15, 0.2) is 16.7 Å². The Kier molecular flexibility index (Phi) is 3.69. The first-order valence-electron chi connectivity index (χ1n) is 4.31. The second kappa shape index (κ2) is 4.58. The molecule has 13 heavy (non-hydrogen) atoms. The third kappa shape index (κ3) is 2.67. The summed E-state index contributed by atoms with van der Waals surface area (Å²) < 4.78 is 0.933. The number of anilines is 1. The van der Waals surface area contributed by atoms with Crippen LogP contribution in [0.1, 0.15) is 31.4 Å². The van der Waals surface area contributed by atoms with E-state index >= 15 is 0 Å². The van der Waals surface area contributed by atoms with Crippen LogP contribution in [-0.4, -0.2) is 4.98 Å². The summed E-state index contributed by atoms with van der Waals surface area (Å²) in [6.45, 7) is 2.11. The molecule has 0 spiro atoms. The summed E-state index contributed by atoms with van der Waals surface area (Å²) in [5, 5.41) is 0. The van der Waals surface area contributed by atoms with Crippen molar-refractivity contribution in [3.8, 4) is 0 Å². The molecule has 1 heterocycles. The van der Waals surface area contributed by atoms with Crippen molar-refractivity contribution >= 4 is 21.7 Å². The summed E-state index contributed by atoms with van der Waals surface area (Å²) in [7, 11) is 0. The van der Waals surface area contributed by atoms with E-state index in [2.05, 4.69) is 27.8 Å². The molecule has 0 fully saturated rings. The summed E-state index contributed by atoms with van der Waals surface area (Å²) in [5.74, 6) is 0.518. The molecular formula is C9H14BrN3. The molecule has 0 aliphatic rings. The van der Waals surface area contributed by atoms with Crippen LogP contribution in [0.4, 0.5) is 5.82 Å². The number of halogens is 1. The van der Waals surface area contributed by atoms with Crippen molar-refractivity contribution in [3.05, 3.63) is 22.3 Å². The van der Waals surface area contributed by atoms with Crippen LogP contribution >= 0.6 is 15.9 Å². The van der Waals surface area contributed by atoms with E-state index in [-0.39, 0.29) is 6.04 Å². The number of nitrogen functional groups attached to an aromatic ring is 1. The smallest absolute Gasteiger partial charge is 0.123 e. The third-order valence-corrected chi connectivity index (χ3v) is 2.57. The third-order valence-electron chi connectivity index (χ3n) is 1.91. The Labute approximate surface area is 86.7 Å². The number of hydrogen-bond acceptors (Lipinski definition) is 3. The van der Waals surface area contributed by atoms with Gasteiger partial charge in [-0.05, 0) is 34.0 Å². The fourth-order valence-corrected chi connectivity index (χ4v) is 1.73. The highest BCUT2D eigenvalue weighted by atomic mass is 79.9. The molecule has 0 saturated heterocycles. The maximum atomic E-state index is 5.96. The van der Waals surface area contributed by atoms with E-state index in [4.69, 9.17) is 11.5 Å². The second-order valence-electron chi connectivity index (χ2n) is 3.03. The molecule has 0 radical (unpaired) electrons. The molecule has 0 aliphatic heterocycles. The number of nitrogens with two attached hydrogens (primary N) is 2. The van der Waals surface area contributed by atoms with Gasteiger partial charge in [0.15, 0.2) is 0 Å². The van der Waals surface area contributed by atoms with Crippen molar-refractivity contribution in [2.45, 2.75) is 25.8 Å². The van der Waals surface area contributed by atoms with E-state index in [0.29, 0.717) is 5.82 Å². The van der Waals surface area contributed by atoms with E-state index in [0.717, 1.165) is 22.9 Å². The minimum absolute atomic E-state index is 0.0460. The molecule has 1 aromatic heterocycles. The number of rotatable bonds is 3. The van der Waals surface area contributed by atoms with Crippen molar-refractivity contribution in [1.82, 2.24) is 4.98 Å². The standard InChI is InChI=1S/C9H14BrN3/c1-2-3-8(11)6-4-9(12)13-5-7(6)10/h4-5,8H,2-3,11H2,1H3,(H2,12,13). The van der Waals surface area contributed by atoms with Gasteiger partial charge in [0.05, 0.1) is 0 Å². The Morgan fingerprint density at radius 2 is 2.31 bits per heavy atom. The zero-order valence-electron chi connectivity index (χ0n) is 7.63. The van der Waals surface area contributed by atoms with Gasteiger partial charge in [-0.15, -0.1) is 0 Å². The van der Waals surface area contributed by atoms with E-state index < -0.39 is 0 Å². The Morgan fingerprint density at radius 3 is 2.92 bits per heavy atom. The van der Waals surface area contributed by atoms with Crippen LogP contribution in [0.2, 0.25) is 0 Å². The first-order valence-corrected chi connectivity index (χ1v) is 5.11. The summed E-state index contributed by atoms with van der Waals surface area (Å²) in [4.78, 5) is 3.96. The lowest BCUT2D eigenvalue weighted by Gasteiger charge is -2.12. The van der Waals surface area contributed by atoms with Crippen LogP contribution in [0.3, 0.4) is 0 Å². The minimum atomic E-state index is 0.0460. The van der Waals surface area contributed by atoms with Crippen LogP contribution < -0.4 is 11.5 Å². The average Bonchev–Trinajstić information content (AvgIpc) is 2.09. The quantitative estimate of drug-likeness (QED) is 0.856. The maximum absolute atomic E-state index is 5.96. The Bertz CT molecular complexity index is 288. The second-order valence-corrected chi connectivity index (χ2v) is 3.88. The lowest BCUT2D eigenvalue weighted by atomic mass is 10.0. The monoisotopic (exact) mass is 243 g/mol. The topological polar surface area (TPSA) is 64.9 Å². The molecule has 72 valence electrons. The molecule has 4 heteroatoms. The summed E-state index contributed by atoms with van der Waals surface area (Å²) >= 11 is 3.40. The van der Waals surface area contributed by atoms with E-state index in [9.17, 15) is 0 Å². The highest BCUT2D eigenvalue weighted by Gasteiger charge is 2.09. The zero-order chi connectivity index (χ0) is 9.84. The van der Waals surface area contributed by atoms with E-state index in [1.807, 2.05) is 6.07 Å². The van der Waals surface area contributed by atoms with Crippen LogP contribution in [0.25, 0.3) is 0 Å². The molecule has 0 aliphatic carbocycles. The van der Waals surface area contributed by atoms with Gasteiger partial charge in [-0.2, -0.15) is 0 Å². The molecule has 0 amide bonds. The maximum Gasteiger partial charge on any atom is 0.123 e. The predicted molar refractivity (Wildman–Crippen MR) is 58.2 cm³/mol. The zero-order valence-corrected chi connectivity index (χ0v) is 9.21. The SMILES string of the molecule is CCCC(N)c1cc(N)ncc1Br. The summed E-state index contributed by atoms with van der Waals surface area (Å²) in [6, 6.07) is 1.87. The van der Waals surface area contributed by atoms with Gasteiger partial charge in [-0.25, -0.2) is 4.98 Å². The van der Waals surface area contributed by atoms with Gasteiger partial charge in [0.2, 0.25) is 0 Å². The van der Waals surface area contributed by atoms with Crippen molar-refractivity contribution in [2.75, 3.05) is 5.73 Å². The van der Waals surface area contributed by atoms with Crippen LogP contribution in [0.5, 0.6) is 0 Å². The largest absolute Gasteiger partial charge is 0.384 e. The Hall–Kier alpha value is -0.610. The Balaban J connectivity index is 2.91. The number of pyridine rings is 1. The molecule has 1 aromatic rings. The van der Waals surface area contributed by atoms with Crippen LogP contribution in [-0.2, 0) is 0 Å².